The van der Waals surface area contributed by atoms with Crippen molar-refractivity contribution in [3.63, 3.8) is 0 Å². The Morgan fingerprint density at radius 2 is 1.62 bits per heavy atom. The van der Waals surface area contributed by atoms with Crippen LogP contribution in [-0.4, -0.2) is 9.78 Å². The fourth-order valence-electron chi connectivity index (χ4n) is 4.23. The second kappa shape index (κ2) is 6.82. The summed E-state index contributed by atoms with van der Waals surface area (Å²) in [5, 5.41) is 14.7. The van der Waals surface area contributed by atoms with Crippen molar-refractivity contribution in [1.29, 1.82) is 5.26 Å². The summed E-state index contributed by atoms with van der Waals surface area (Å²) in [6.45, 7) is 10.4. The van der Waals surface area contributed by atoms with Gasteiger partial charge in [0.2, 0.25) is 11.8 Å². The summed E-state index contributed by atoms with van der Waals surface area (Å²) in [7, 11) is 0. The van der Waals surface area contributed by atoms with Crippen LogP contribution < -0.4 is 10.5 Å². The van der Waals surface area contributed by atoms with Gasteiger partial charge >= 0.3 is 0 Å². The van der Waals surface area contributed by atoms with Gasteiger partial charge in [-0.05, 0) is 74.6 Å². The third-order valence-corrected chi connectivity index (χ3v) is 5.95. The zero-order valence-corrected chi connectivity index (χ0v) is 17.4. The minimum Gasteiger partial charge on any atom is -0.422 e. The molecule has 146 valence electrons. The van der Waals surface area contributed by atoms with E-state index in [0.29, 0.717) is 11.5 Å². The predicted molar refractivity (Wildman–Crippen MR) is 113 cm³/mol. The first-order chi connectivity index (χ1) is 13.8. The Morgan fingerprint density at radius 3 is 2.21 bits per heavy atom. The van der Waals surface area contributed by atoms with Gasteiger partial charge in [-0.15, -0.1) is 0 Å². The monoisotopic (exact) mass is 384 g/mol. The number of nitrogens with two attached hydrogens (primary N) is 1. The molecule has 1 aromatic heterocycles. The van der Waals surface area contributed by atoms with Gasteiger partial charge < -0.3 is 10.5 Å². The molecule has 0 fully saturated rings. The van der Waals surface area contributed by atoms with Gasteiger partial charge in [0.1, 0.15) is 11.6 Å². The quantitative estimate of drug-likeness (QED) is 0.699. The van der Waals surface area contributed by atoms with Crippen molar-refractivity contribution >= 4 is 0 Å². The van der Waals surface area contributed by atoms with Crippen molar-refractivity contribution in [3.05, 3.63) is 86.9 Å². The first kappa shape index (κ1) is 18.8. The van der Waals surface area contributed by atoms with Gasteiger partial charge in [-0.1, -0.05) is 24.3 Å². The standard InChI is InChI=1S/C24H24N4O/c1-13-11-14(2)16(4)20(15(13)3)22-19(12-25)23(26)29-24-21(22)17(5)27-28(24)18-9-7-6-8-10-18/h6-11,22H,26H2,1-5H3/t22-/m0/s1. The fourth-order valence-corrected chi connectivity index (χ4v) is 4.23. The Kier molecular flexibility index (Phi) is 4.43. The first-order valence-electron chi connectivity index (χ1n) is 9.65. The van der Waals surface area contributed by atoms with Crippen molar-refractivity contribution in [1.82, 2.24) is 9.78 Å². The molecule has 0 saturated carbocycles. The maximum Gasteiger partial charge on any atom is 0.229 e. The third kappa shape index (κ3) is 2.80. The van der Waals surface area contributed by atoms with Gasteiger partial charge in [0, 0.05) is 0 Å². The molecule has 4 rings (SSSR count). The second-order valence-electron chi connectivity index (χ2n) is 7.65. The second-order valence-corrected chi connectivity index (χ2v) is 7.65. The molecular formula is C24H24N4O. The van der Waals surface area contributed by atoms with Gasteiger partial charge in [0.05, 0.1) is 22.9 Å². The Morgan fingerprint density at radius 1 is 1.00 bits per heavy atom. The van der Waals surface area contributed by atoms with Gasteiger partial charge in [0.25, 0.3) is 0 Å². The van der Waals surface area contributed by atoms with Crippen molar-refractivity contribution in [2.24, 2.45) is 5.73 Å². The molecule has 1 atom stereocenters. The molecule has 5 heteroatoms. The molecule has 3 aromatic rings. The van der Waals surface area contributed by atoms with Gasteiger partial charge in [-0.3, -0.25) is 0 Å². The van der Waals surface area contributed by atoms with Crippen LogP contribution in [0, 0.1) is 45.9 Å². The molecular weight excluding hydrogens is 360 g/mol. The molecule has 29 heavy (non-hydrogen) atoms. The molecule has 0 radical (unpaired) electrons. The van der Waals surface area contributed by atoms with Crippen LogP contribution in [0.4, 0.5) is 0 Å². The average Bonchev–Trinajstić information content (AvgIpc) is 3.03. The van der Waals surface area contributed by atoms with Crippen LogP contribution in [0.5, 0.6) is 5.88 Å². The van der Waals surface area contributed by atoms with E-state index in [1.165, 1.54) is 22.3 Å². The number of aromatic nitrogens is 2. The number of para-hydroxylation sites is 1. The SMILES string of the molecule is Cc1cc(C)c(C)c([C@@H]2C(C#N)=C(N)Oc3c2c(C)nn3-c2ccccc2)c1C. The van der Waals surface area contributed by atoms with E-state index in [4.69, 9.17) is 15.6 Å². The summed E-state index contributed by atoms with van der Waals surface area (Å²) in [6.07, 6.45) is 0. The zero-order valence-electron chi connectivity index (χ0n) is 17.4. The number of allylic oxidation sites excluding steroid dienone is 1. The maximum absolute atomic E-state index is 9.96. The van der Waals surface area contributed by atoms with Crippen molar-refractivity contribution in [3.8, 4) is 17.6 Å². The molecule has 0 aliphatic carbocycles. The van der Waals surface area contributed by atoms with E-state index in [2.05, 4.69) is 39.8 Å². The lowest BCUT2D eigenvalue weighted by Crippen LogP contribution is -2.23. The number of fused-ring (bicyclic) bond motifs is 1. The van der Waals surface area contributed by atoms with Crippen LogP contribution in [0.2, 0.25) is 0 Å². The molecule has 1 aliphatic rings. The van der Waals surface area contributed by atoms with Crippen molar-refractivity contribution in [2.75, 3.05) is 0 Å². The molecule has 2 heterocycles. The predicted octanol–water partition coefficient (Wildman–Crippen LogP) is 4.63. The summed E-state index contributed by atoms with van der Waals surface area (Å²) in [6, 6.07) is 14.3. The average molecular weight is 384 g/mol. The van der Waals surface area contributed by atoms with E-state index >= 15 is 0 Å². The van der Waals surface area contributed by atoms with Gasteiger partial charge in [0.15, 0.2) is 0 Å². The third-order valence-electron chi connectivity index (χ3n) is 5.95. The molecule has 0 spiro atoms. The Balaban J connectivity index is 2.06. The number of aryl methyl sites for hydroxylation is 3. The fraction of sp³-hybridized carbons (Fsp3) is 0.250. The molecule has 1 aliphatic heterocycles. The van der Waals surface area contributed by atoms with E-state index in [9.17, 15) is 5.26 Å². The van der Waals surface area contributed by atoms with Crippen molar-refractivity contribution in [2.45, 2.75) is 40.5 Å². The van der Waals surface area contributed by atoms with Gasteiger partial charge in [-0.25, -0.2) is 4.68 Å². The van der Waals surface area contributed by atoms with Gasteiger partial charge in [-0.2, -0.15) is 10.4 Å². The van der Waals surface area contributed by atoms with E-state index in [-0.39, 0.29) is 11.8 Å². The highest BCUT2D eigenvalue weighted by molar-refractivity contribution is 5.61. The Bertz CT molecular complexity index is 1170. The smallest absolute Gasteiger partial charge is 0.229 e. The minimum atomic E-state index is -0.306. The van der Waals surface area contributed by atoms with Crippen LogP contribution in [0.25, 0.3) is 5.69 Å². The largest absolute Gasteiger partial charge is 0.422 e. The number of nitrogens with zero attached hydrogens (tertiary/aromatic N) is 3. The highest BCUT2D eigenvalue weighted by Gasteiger charge is 2.37. The molecule has 5 nitrogen and oxygen atoms in total. The number of hydrogen-bond acceptors (Lipinski definition) is 4. The lowest BCUT2D eigenvalue weighted by molar-refractivity contribution is 0.367. The van der Waals surface area contributed by atoms with E-state index in [1.54, 1.807) is 4.68 Å². The molecule has 0 saturated heterocycles. The number of ether oxygens (including phenoxy) is 1. The number of nitriles is 1. The number of rotatable bonds is 2. The highest BCUT2D eigenvalue weighted by atomic mass is 16.5. The van der Waals surface area contributed by atoms with Crippen LogP contribution >= 0.6 is 0 Å². The van der Waals surface area contributed by atoms with Crippen LogP contribution in [0.15, 0.2) is 47.9 Å². The molecule has 0 amide bonds. The summed E-state index contributed by atoms with van der Waals surface area (Å²) < 4.78 is 7.74. The normalized spacial score (nSPS) is 15.7. The van der Waals surface area contributed by atoms with E-state index < -0.39 is 0 Å². The summed E-state index contributed by atoms with van der Waals surface area (Å²) in [4.78, 5) is 0. The Labute approximate surface area is 171 Å². The van der Waals surface area contributed by atoms with Crippen LogP contribution in [0.1, 0.15) is 45.0 Å². The molecule has 0 bridgehead atoms. The van der Waals surface area contributed by atoms with Crippen LogP contribution in [-0.2, 0) is 0 Å². The number of hydrogen-bond donors (Lipinski definition) is 1. The summed E-state index contributed by atoms with van der Waals surface area (Å²) >= 11 is 0. The van der Waals surface area contributed by atoms with E-state index in [0.717, 1.165) is 22.5 Å². The summed E-state index contributed by atoms with van der Waals surface area (Å²) in [5.41, 5.74) is 15.1. The lowest BCUT2D eigenvalue weighted by atomic mass is 9.78. The van der Waals surface area contributed by atoms with Crippen LogP contribution in [0.3, 0.4) is 0 Å². The minimum absolute atomic E-state index is 0.139. The number of benzene rings is 2. The summed E-state index contributed by atoms with van der Waals surface area (Å²) in [5.74, 6) is 0.410. The topological polar surface area (TPSA) is 76.9 Å². The lowest BCUT2D eigenvalue weighted by Gasteiger charge is -2.28. The van der Waals surface area contributed by atoms with E-state index in [1.807, 2.05) is 37.3 Å². The molecule has 2 aromatic carbocycles. The molecule has 0 unspecified atom stereocenters. The first-order valence-corrected chi connectivity index (χ1v) is 9.65. The zero-order chi connectivity index (χ0) is 20.9. The Hall–Kier alpha value is -3.52. The maximum atomic E-state index is 9.96. The highest BCUT2D eigenvalue weighted by Crippen LogP contribution is 2.47. The molecule has 2 N–H and O–H groups in total. The van der Waals surface area contributed by atoms with Crippen molar-refractivity contribution < 1.29 is 4.74 Å².